The van der Waals surface area contributed by atoms with Gasteiger partial charge in [-0.1, -0.05) is 42.5 Å². The highest BCUT2D eigenvalue weighted by Gasteiger charge is 2.58. The molecule has 0 amide bonds. The fourth-order valence-electron chi connectivity index (χ4n) is 3.79. The van der Waals surface area contributed by atoms with Crippen LogP contribution in [0, 0.1) is 10.1 Å². The minimum Gasteiger partial charge on any atom is -0.467 e. The van der Waals surface area contributed by atoms with Crippen LogP contribution < -0.4 is 5.32 Å². The molecular formula is C22H20N2O8. The quantitative estimate of drug-likeness (QED) is 0.309. The monoisotopic (exact) mass is 440 g/mol. The molecule has 0 unspecified atom stereocenters. The topological polar surface area (TPSA) is 134 Å². The van der Waals surface area contributed by atoms with Gasteiger partial charge in [-0.3, -0.25) is 15.4 Å². The van der Waals surface area contributed by atoms with E-state index in [1.165, 1.54) is 24.3 Å². The second-order valence-electron chi connectivity index (χ2n) is 6.81. The van der Waals surface area contributed by atoms with E-state index in [1.807, 2.05) is 0 Å². The first-order valence-corrected chi connectivity index (χ1v) is 9.39. The van der Waals surface area contributed by atoms with Crippen LogP contribution in [0.25, 0.3) is 0 Å². The standard InChI is InChI=1S/C22H20N2O8/c1-30-19(25)16-17(20(26)31-2)22(21(27)32-3,14-7-5-4-6-8-14)23-18(16)13-9-11-15(12-10-13)24(28)29/h4-12,18,23H,1-3H3/t18-,22-/m0/s1. The Kier molecular flexibility index (Phi) is 6.35. The number of hydrogen-bond donors (Lipinski definition) is 1. The number of nitrogens with one attached hydrogen (secondary N) is 1. The van der Waals surface area contributed by atoms with E-state index >= 15 is 0 Å². The smallest absolute Gasteiger partial charge is 0.337 e. The Hall–Kier alpha value is -4.05. The molecule has 0 aromatic heterocycles. The largest absolute Gasteiger partial charge is 0.467 e. The Labute approximate surface area is 182 Å². The van der Waals surface area contributed by atoms with Gasteiger partial charge in [0.2, 0.25) is 0 Å². The zero-order chi connectivity index (χ0) is 23.5. The van der Waals surface area contributed by atoms with Gasteiger partial charge < -0.3 is 14.2 Å². The highest BCUT2D eigenvalue weighted by atomic mass is 16.6. The number of hydrogen-bond acceptors (Lipinski definition) is 9. The van der Waals surface area contributed by atoms with E-state index in [1.54, 1.807) is 30.3 Å². The number of rotatable bonds is 6. The first-order valence-electron chi connectivity index (χ1n) is 9.39. The predicted molar refractivity (Wildman–Crippen MR) is 110 cm³/mol. The summed E-state index contributed by atoms with van der Waals surface area (Å²) in [5, 5.41) is 14.1. The molecule has 2 atom stereocenters. The number of nitro benzene ring substituents is 1. The molecule has 3 rings (SSSR count). The van der Waals surface area contributed by atoms with Crippen molar-refractivity contribution in [3.63, 3.8) is 0 Å². The summed E-state index contributed by atoms with van der Waals surface area (Å²) in [5.74, 6) is -2.66. The average Bonchev–Trinajstić information content (AvgIpc) is 3.20. The number of esters is 3. The lowest BCUT2D eigenvalue weighted by Gasteiger charge is -2.30. The van der Waals surface area contributed by atoms with Crippen molar-refractivity contribution in [2.45, 2.75) is 11.6 Å². The number of methoxy groups -OCH3 is 3. The van der Waals surface area contributed by atoms with Gasteiger partial charge in [0.1, 0.15) is 0 Å². The van der Waals surface area contributed by atoms with Crippen molar-refractivity contribution in [3.8, 4) is 0 Å². The summed E-state index contributed by atoms with van der Waals surface area (Å²) in [6.45, 7) is 0. The van der Waals surface area contributed by atoms with Gasteiger partial charge in [0.05, 0.1) is 43.4 Å². The van der Waals surface area contributed by atoms with Crippen molar-refractivity contribution in [2.75, 3.05) is 21.3 Å². The second kappa shape index (κ2) is 8.98. The second-order valence-corrected chi connectivity index (χ2v) is 6.81. The fourth-order valence-corrected chi connectivity index (χ4v) is 3.79. The van der Waals surface area contributed by atoms with Crippen LogP contribution in [0.3, 0.4) is 0 Å². The molecule has 0 aliphatic carbocycles. The van der Waals surface area contributed by atoms with Gasteiger partial charge in [-0.15, -0.1) is 0 Å². The van der Waals surface area contributed by atoms with E-state index in [-0.39, 0.29) is 16.8 Å². The number of carbonyl (C=O) groups excluding carboxylic acids is 3. The molecular weight excluding hydrogens is 420 g/mol. The van der Waals surface area contributed by atoms with Crippen LogP contribution in [-0.2, 0) is 34.1 Å². The van der Waals surface area contributed by atoms with E-state index < -0.39 is 34.4 Å². The SMILES string of the molecule is COC(=O)C1=C(C(=O)OC)[C@](C(=O)OC)(c2ccccc2)N[C@H]1c1ccc([N+](=O)[O-])cc1. The zero-order valence-electron chi connectivity index (χ0n) is 17.5. The molecule has 1 heterocycles. The van der Waals surface area contributed by atoms with Crippen molar-refractivity contribution >= 4 is 23.6 Å². The van der Waals surface area contributed by atoms with Crippen molar-refractivity contribution in [1.82, 2.24) is 5.32 Å². The lowest BCUT2D eigenvalue weighted by molar-refractivity contribution is -0.384. The average molecular weight is 440 g/mol. The van der Waals surface area contributed by atoms with Crippen molar-refractivity contribution < 1.29 is 33.5 Å². The maximum atomic E-state index is 13.2. The maximum Gasteiger partial charge on any atom is 0.337 e. The lowest BCUT2D eigenvalue weighted by atomic mass is 9.82. The third kappa shape index (κ3) is 3.60. The van der Waals surface area contributed by atoms with Crippen LogP contribution in [0.5, 0.6) is 0 Å². The molecule has 0 fully saturated rings. The predicted octanol–water partition coefficient (Wildman–Crippen LogP) is 1.95. The van der Waals surface area contributed by atoms with Crippen LogP contribution in [0.15, 0.2) is 65.7 Å². The van der Waals surface area contributed by atoms with Crippen molar-refractivity contribution in [3.05, 3.63) is 87.0 Å². The highest BCUT2D eigenvalue weighted by molar-refractivity contribution is 6.10. The number of ether oxygens (including phenoxy) is 3. The Balaban J connectivity index is 2.34. The number of benzene rings is 2. The van der Waals surface area contributed by atoms with Crippen LogP contribution in [0.1, 0.15) is 17.2 Å². The zero-order valence-corrected chi connectivity index (χ0v) is 17.5. The van der Waals surface area contributed by atoms with E-state index in [0.29, 0.717) is 11.1 Å². The summed E-state index contributed by atoms with van der Waals surface area (Å²) in [5.41, 5.74) is -1.78. The minimum absolute atomic E-state index is 0.161. The molecule has 0 saturated carbocycles. The Bertz CT molecular complexity index is 1090. The summed E-state index contributed by atoms with van der Waals surface area (Å²) in [4.78, 5) is 49.4. The van der Waals surface area contributed by atoms with Crippen molar-refractivity contribution in [1.29, 1.82) is 0 Å². The van der Waals surface area contributed by atoms with Gasteiger partial charge in [-0.25, -0.2) is 14.4 Å². The Morgan fingerprint density at radius 3 is 2.00 bits per heavy atom. The highest BCUT2D eigenvalue weighted by Crippen LogP contribution is 2.46. The van der Waals surface area contributed by atoms with Crippen molar-refractivity contribution in [2.24, 2.45) is 0 Å². The summed E-state index contributed by atoms with van der Waals surface area (Å²) in [6.07, 6.45) is 0. The first kappa shape index (κ1) is 22.6. The third-order valence-corrected chi connectivity index (χ3v) is 5.22. The molecule has 1 N–H and O–H groups in total. The van der Waals surface area contributed by atoms with Gasteiger partial charge in [-0.05, 0) is 11.1 Å². The Morgan fingerprint density at radius 2 is 1.50 bits per heavy atom. The number of nitrogens with zero attached hydrogens (tertiary/aromatic N) is 1. The van der Waals surface area contributed by atoms with Gasteiger partial charge in [0.25, 0.3) is 5.69 Å². The molecule has 32 heavy (non-hydrogen) atoms. The van der Waals surface area contributed by atoms with Crippen LogP contribution in [0.2, 0.25) is 0 Å². The van der Waals surface area contributed by atoms with E-state index in [2.05, 4.69) is 5.32 Å². The van der Waals surface area contributed by atoms with Gasteiger partial charge in [0.15, 0.2) is 5.54 Å². The summed E-state index contributed by atoms with van der Waals surface area (Å²) in [6, 6.07) is 12.6. The minimum atomic E-state index is -1.89. The summed E-state index contributed by atoms with van der Waals surface area (Å²) in [7, 11) is 3.41. The van der Waals surface area contributed by atoms with E-state index in [4.69, 9.17) is 14.2 Å². The molecule has 0 bridgehead atoms. The first-order chi connectivity index (χ1) is 15.3. The summed E-state index contributed by atoms with van der Waals surface area (Å²) < 4.78 is 14.9. The van der Waals surface area contributed by atoms with E-state index in [0.717, 1.165) is 21.3 Å². The molecule has 2 aromatic rings. The molecule has 10 heteroatoms. The van der Waals surface area contributed by atoms with Crippen LogP contribution in [0.4, 0.5) is 5.69 Å². The molecule has 10 nitrogen and oxygen atoms in total. The molecule has 1 aliphatic rings. The van der Waals surface area contributed by atoms with Gasteiger partial charge >= 0.3 is 17.9 Å². The van der Waals surface area contributed by atoms with Crippen LogP contribution >= 0.6 is 0 Å². The molecule has 1 aliphatic heterocycles. The maximum absolute atomic E-state index is 13.2. The lowest BCUT2D eigenvalue weighted by Crippen LogP contribution is -2.50. The third-order valence-electron chi connectivity index (χ3n) is 5.22. The number of nitro groups is 1. The van der Waals surface area contributed by atoms with Gasteiger partial charge in [-0.2, -0.15) is 0 Å². The summed E-state index contributed by atoms with van der Waals surface area (Å²) >= 11 is 0. The number of non-ortho nitro benzene ring substituents is 1. The van der Waals surface area contributed by atoms with Crippen LogP contribution in [-0.4, -0.2) is 44.2 Å². The van der Waals surface area contributed by atoms with Gasteiger partial charge in [0, 0.05) is 12.1 Å². The fraction of sp³-hybridized carbons (Fsp3) is 0.227. The molecule has 2 aromatic carbocycles. The Morgan fingerprint density at radius 1 is 0.906 bits per heavy atom. The normalized spacial score (nSPS) is 19.9. The molecule has 166 valence electrons. The number of carbonyl (C=O) groups is 3. The van der Waals surface area contributed by atoms with E-state index in [9.17, 15) is 24.5 Å². The molecule has 0 spiro atoms. The molecule has 0 saturated heterocycles. The molecule has 0 radical (unpaired) electrons.